The normalized spacial score (nSPS) is 17.7. The molecule has 0 aromatic carbocycles. The highest BCUT2D eigenvalue weighted by Gasteiger charge is 2.27. The van der Waals surface area contributed by atoms with Crippen molar-refractivity contribution < 1.29 is 9.72 Å². The van der Waals surface area contributed by atoms with Crippen molar-refractivity contribution in [3.05, 3.63) is 21.3 Å². The van der Waals surface area contributed by atoms with Crippen molar-refractivity contribution in [1.82, 2.24) is 15.1 Å². The Morgan fingerprint density at radius 3 is 2.75 bits per heavy atom. The molecule has 1 unspecified atom stereocenters. The Morgan fingerprint density at radius 1 is 1.55 bits per heavy atom. The van der Waals surface area contributed by atoms with Gasteiger partial charge in [0.15, 0.2) is 5.02 Å². The van der Waals surface area contributed by atoms with Crippen LogP contribution in [-0.2, 0) is 4.79 Å². The molecule has 7 nitrogen and oxygen atoms in total. The van der Waals surface area contributed by atoms with Gasteiger partial charge in [0.2, 0.25) is 5.91 Å². The van der Waals surface area contributed by atoms with Crippen LogP contribution >= 0.6 is 11.6 Å². The summed E-state index contributed by atoms with van der Waals surface area (Å²) < 4.78 is 1.23. The molecule has 0 aliphatic heterocycles. The number of nitrogens with zero attached hydrogens (tertiary/aromatic N) is 3. The molecule has 0 spiro atoms. The van der Waals surface area contributed by atoms with E-state index in [-0.39, 0.29) is 17.0 Å². The molecule has 20 heavy (non-hydrogen) atoms. The fraction of sp³-hybridized carbons (Fsp3) is 0.667. The molecule has 0 bridgehead atoms. The average Bonchev–Trinajstić information content (AvgIpc) is 2.81. The van der Waals surface area contributed by atoms with E-state index in [0.717, 1.165) is 25.7 Å². The van der Waals surface area contributed by atoms with Gasteiger partial charge in [-0.05, 0) is 24.7 Å². The van der Waals surface area contributed by atoms with Crippen LogP contribution in [0.5, 0.6) is 0 Å². The Kier molecular flexibility index (Phi) is 4.59. The third kappa shape index (κ3) is 3.27. The molecular weight excluding hydrogens is 284 g/mol. The van der Waals surface area contributed by atoms with E-state index in [1.807, 2.05) is 0 Å². The van der Waals surface area contributed by atoms with Crippen molar-refractivity contribution in [2.45, 2.75) is 51.1 Å². The second kappa shape index (κ2) is 6.21. The maximum atomic E-state index is 12.1. The first-order valence-corrected chi connectivity index (χ1v) is 7.06. The number of carbonyl (C=O) groups excluding carboxylic acids is 1. The van der Waals surface area contributed by atoms with E-state index in [0.29, 0.717) is 0 Å². The molecule has 1 aliphatic carbocycles. The van der Waals surface area contributed by atoms with Crippen LogP contribution in [0.4, 0.5) is 5.82 Å². The van der Waals surface area contributed by atoms with Gasteiger partial charge in [0.05, 0.1) is 11.3 Å². The summed E-state index contributed by atoms with van der Waals surface area (Å²) in [4.78, 5) is 22.1. The highest BCUT2D eigenvalue weighted by atomic mass is 35.5. The molecule has 1 aromatic heterocycles. The van der Waals surface area contributed by atoms with E-state index in [1.165, 1.54) is 17.3 Å². The molecule has 2 rings (SSSR count). The summed E-state index contributed by atoms with van der Waals surface area (Å²) in [6.07, 6.45) is 6.74. The standard InChI is InChI=1S/C12H17ClN4O3/c1-8(12(18)14-9-5-3-2-4-6-9)16-7-10(13)11(15-16)17(19)20/h7-9H,2-6H2,1H3,(H,14,18). The fourth-order valence-corrected chi connectivity index (χ4v) is 2.58. The zero-order chi connectivity index (χ0) is 14.7. The lowest BCUT2D eigenvalue weighted by Gasteiger charge is -2.23. The fourth-order valence-electron chi connectivity index (χ4n) is 2.37. The number of hydrogen-bond donors (Lipinski definition) is 1. The minimum atomic E-state index is -0.662. The molecule has 1 amide bonds. The van der Waals surface area contributed by atoms with Crippen LogP contribution in [0.2, 0.25) is 5.02 Å². The zero-order valence-electron chi connectivity index (χ0n) is 11.2. The predicted molar refractivity (Wildman–Crippen MR) is 73.6 cm³/mol. The van der Waals surface area contributed by atoms with Crippen LogP contribution in [-0.4, -0.2) is 26.7 Å². The average molecular weight is 301 g/mol. The SMILES string of the molecule is CC(C(=O)NC1CCCCC1)n1cc(Cl)c([N+](=O)[O-])n1. The second-order valence-corrected chi connectivity index (χ2v) is 5.46. The van der Waals surface area contributed by atoms with E-state index < -0.39 is 16.8 Å². The molecule has 0 saturated heterocycles. The second-order valence-electron chi connectivity index (χ2n) is 5.06. The van der Waals surface area contributed by atoms with Gasteiger partial charge in [0.1, 0.15) is 6.04 Å². The molecule has 1 heterocycles. The summed E-state index contributed by atoms with van der Waals surface area (Å²) >= 11 is 5.72. The molecule has 0 radical (unpaired) electrons. The first kappa shape index (κ1) is 14.8. The number of carbonyl (C=O) groups is 1. The lowest BCUT2D eigenvalue weighted by atomic mass is 9.95. The van der Waals surface area contributed by atoms with Crippen LogP contribution in [0.1, 0.15) is 45.1 Å². The quantitative estimate of drug-likeness (QED) is 0.683. The molecule has 1 atom stereocenters. The summed E-state index contributed by atoms with van der Waals surface area (Å²) in [6.45, 7) is 1.64. The molecule has 8 heteroatoms. The first-order valence-electron chi connectivity index (χ1n) is 6.68. The minimum Gasteiger partial charge on any atom is -0.358 e. The van der Waals surface area contributed by atoms with E-state index in [9.17, 15) is 14.9 Å². The van der Waals surface area contributed by atoms with Gasteiger partial charge in [-0.2, -0.15) is 4.68 Å². The maximum Gasteiger partial charge on any atom is 0.408 e. The lowest BCUT2D eigenvalue weighted by molar-refractivity contribution is -0.389. The minimum absolute atomic E-state index is 0.0627. The van der Waals surface area contributed by atoms with Gasteiger partial charge < -0.3 is 15.4 Å². The van der Waals surface area contributed by atoms with Crippen LogP contribution in [0.15, 0.2) is 6.20 Å². The van der Waals surface area contributed by atoms with E-state index in [4.69, 9.17) is 11.6 Å². The summed E-state index contributed by atoms with van der Waals surface area (Å²) in [6, 6.07) is -0.428. The number of nitrogens with one attached hydrogen (secondary N) is 1. The third-order valence-electron chi connectivity index (χ3n) is 3.57. The molecule has 1 aromatic rings. The number of amides is 1. The van der Waals surface area contributed by atoms with E-state index in [1.54, 1.807) is 6.92 Å². The Labute approximate surface area is 121 Å². The summed E-state index contributed by atoms with van der Waals surface area (Å²) in [7, 11) is 0. The van der Waals surface area contributed by atoms with E-state index in [2.05, 4.69) is 10.4 Å². The molecular formula is C12H17ClN4O3. The third-order valence-corrected chi connectivity index (χ3v) is 3.84. The largest absolute Gasteiger partial charge is 0.408 e. The maximum absolute atomic E-state index is 12.1. The van der Waals surface area contributed by atoms with Gasteiger partial charge in [-0.1, -0.05) is 30.9 Å². The van der Waals surface area contributed by atoms with Gasteiger partial charge >= 0.3 is 5.82 Å². The summed E-state index contributed by atoms with van der Waals surface area (Å²) in [5, 5.41) is 17.3. The van der Waals surface area contributed by atoms with Gasteiger partial charge in [-0.15, -0.1) is 0 Å². The monoisotopic (exact) mass is 300 g/mol. The van der Waals surface area contributed by atoms with Gasteiger partial charge in [-0.3, -0.25) is 4.79 Å². The van der Waals surface area contributed by atoms with Crippen LogP contribution in [0.25, 0.3) is 0 Å². The number of rotatable bonds is 4. The zero-order valence-corrected chi connectivity index (χ0v) is 12.0. The molecule has 1 aliphatic rings. The summed E-state index contributed by atoms with van der Waals surface area (Å²) in [5.41, 5.74) is 0. The Balaban J connectivity index is 2.02. The number of hydrogen-bond acceptors (Lipinski definition) is 4. The Morgan fingerprint density at radius 2 is 2.20 bits per heavy atom. The van der Waals surface area contributed by atoms with Crippen molar-refractivity contribution in [3.8, 4) is 0 Å². The van der Waals surface area contributed by atoms with E-state index >= 15 is 0 Å². The van der Waals surface area contributed by atoms with Crippen molar-refractivity contribution in [2.75, 3.05) is 0 Å². The summed E-state index contributed by atoms with van der Waals surface area (Å²) in [5.74, 6) is -0.616. The van der Waals surface area contributed by atoms with Crippen molar-refractivity contribution in [2.24, 2.45) is 0 Å². The molecule has 110 valence electrons. The molecule has 1 saturated carbocycles. The van der Waals surface area contributed by atoms with Gasteiger partial charge in [0, 0.05) is 6.04 Å². The Hall–Kier alpha value is -1.63. The van der Waals surface area contributed by atoms with Gasteiger partial charge in [-0.25, -0.2) is 0 Å². The van der Waals surface area contributed by atoms with Crippen LogP contribution in [0.3, 0.4) is 0 Å². The van der Waals surface area contributed by atoms with Crippen LogP contribution < -0.4 is 5.32 Å². The van der Waals surface area contributed by atoms with Gasteiger partial charge in [0.25, 0.3) is 0 Å². The first-order chi connectivity index (χ1) is 9.49. The van der Waals surface area contributed by atoms with Crippen LogP contribution in [0, 0.1) is 10.1 Å². The topological polar surface area (TPSA) is 90.1 Å². The van der Waals surface area contributed by atoms with Crippen molar-refractivity contribution >= 4 is 23.3 Å². The highest BCUT2D eigenvalue weighted by Crippen LogP contribution is 2.24. The molecule has 1 N–H and O–H groups in total. The molecule has 1 fully saturated rings. The lowest BCUT2D eigenvalue weighted by Crippen LogP contribution is -2.40. The Bertz CT molecular complexity index is 511. The number of aromatic nitrogens is 2. The number of nitro groups is 1. The smallest absolute Gasteiger partial charge is 0.358 e. The van der Waals surface area contributed by atoms with Crippen molar-refractivity contribution in [3.63, 3.8) is 0 Å². The number of halogens is 1. The van der Waals surface area contributed by atoms with Crippen molar-refractivity contribution in [1.29, 1.82) is 0 Å². The predicted octanol–water partition coefficient (Wildman–Crippen LogP) is 2.45. The highest BCUT2D eigenvalue weighted by molar-refractivity contribution is 6.32.